The number of carbonyl (C=O) groups is 1. The van der Waals surface area contributed by atoms with Gasteiger partial charge < -0.3 is 10.6 Å². The highest BCUT2D eigenvalue weighted by atomic mass is 32.2. The zero-order valence-corrected chi connectivity index (χ0v) is 14.4. The quantitative estimate of drug-likeness (QED) is 0.726. The van der Waals surface area contributed by atoms with E-state index >= 15 is 0 Å². The van der Waals surface area contributed by atoms with Gasteiger partial charge >= 0.3 is 0 Å². The van der Waals surface area contributed by atoms with Crippen LogP contribution in [-0.2, 0) is 21.2 Å². The van der Waals surface area contributed by atoms with Gasteiger partial charge in [0.25, 0.3) is 0 Å². The Hall–Kier alpha value is -2.89. The van der Waals surface area contributed by atoms with Crippen LogP contribution in [0.25, 0.3) is 0 Å². The molecule has 1 amide bonds. The molecule has 1 atom stereocenters. The van der Waals surface area contributed by atoms with Gasteiger partial charge in [-0.2, -0.15) is 5.26 Å². The molecule has 130 valence electrons. The molecule has 0 heterocycles. The molecule has 1 unspecified atom stereocenters. The first kappa shape index (κ1) is 18.4. The molecule has 0 bridgehead atoms. The fraction of sp³-hybridized carbons (Fsp3) is 0.176. The minimum atomic E-state index is -3.76. The highest BCUT2D eigenvalue weighted by Gasteiger charge is 2.13. The number of primary sulfonamides is 1. The molecular formula is C17H18N4O3S. The number of amides is 1. The van der Waals surface area contributed by atoms with E-state index in [1.54, 1.807) is 19.1 Å². The Morgan fingerprint density at radius 2 is 1.68 bits per heavy atom. The second kappa shape index (κ2) is 7.79. The van der Waals surface area contributed by atoms with Crippen molar-refractivity contribution >= 4 is 27.3 Å². The van der Waals surface area contributed by atoms with Gasteiger partial charge in [-0.15, -0.1) is 0 Å². The lowest BCUT2D eigenvalue weighted by Crippen LogP contribution is -2.31. The molecule has 8 heteroatoms. The number of sulfonamides is 1. The smallest absolute Gasteiger partial charge is 0.246 e. The summed E-state index contributed by atoms with van der Waals surface area (Å²) in [5.41, 5.74) is 2.13. The van der Waals surface area contributed by atoms with Gasteiger partial charge in [0.05, 0.1) is 17.4 Å². The topological polar surface area (TPSA) is 125 Å². The second-order valence-corrected chi connectivity index (χ2v) is 7.02. The number of carbonyl (C=O) groups excluding carboxylic acids is 1. The maximum Gasteiger partial charge on any atom is 0.246 e. The van der Waals surface area contributed by atoms with Crippen molar-refractivity contribution in [3.8, 4) is 6.07 Å². The minimum absolute atomic E-state index is 0.0193. The van der Waals surface area contributed by atoms with Crippen LogP contribution in [0, 0.1) is 11.3 Å². The van der Waals surface area contributed by atoms with Gasteiger partial charge in [0, 0.05) is 11.4 Å². The molecule has 0 saturated carbocycles. The van der Waals surface area contributed by atoms with Crippen LogP contribution in [0.15, 0.2) is 53.4 Å². The lowest BCUT2D eigenvalue weighted by Gasteiger charge is -2.15. The Kier molecular flexibility index (Phi) is 5.75. The van der Waals surface area contributed by atoms with Crippen molar-refractivity contribution in [2.45, 2.75) is 24.3 Å². The highest BCUT2D eigenvalue weighted by Crippen LogP contribution is 2.15. The molecule has 0 fully saturated rings. The zero-order valence-electron chi connectivity index (χ0n) is 13.6. The van der Waals surface area contributed by atoms with Crippen molar-refractivity contribution in [3.05, 3.63) is 54.1 Å². The van der Waals surface area contributed by atoms with Gasteiger partial charge in [0.2, 0.25) is 15.9 Å². The van der Waals surface area contributed by atoms with E-state index in [0.717, 1.165) is 11.3 Å². The number of nitrogens with one attached hydrogen (secondary N) is 2. The highest BCUT2D eigenvalue weighted by molar-refractivity contribution is 7.89. The molecule has 0 aliphatic carbocycles. The standard InChI is InChI=1S/C17H18N4O3S/c1-12(20-14-4-2-13(3-5-14)10-11-18)17(22)21-15-6-8-16(9-7-15)25(19,23)24/h2-9,12,20H,10H2,1H3,(H,21,22)(H2,19,23,24). The maximum atomic E-state index is 12.2. The van der Waals surface area contributed by atoms with E-state index in [-0.39, 0.29) is 10.8 Å². The van der Waals surface area contributed by atoms with Crippen molar-refractivity contribution in [1.82, 2.24) is 0 Å². The number of anilines is 2. The first-order chi connectivity index (χ1) is 11.8. The lowest BCUT2D eigenvalue weighted by molar-refractivity contribution is -0.116. The molecule has 2 aromatic carbocycles. The van der Waals surface area contributed by atoms with E-state index in [1.807, 2.05) is 12.1 Å². The summed E-state index contributed by atoms with van der Waals surface area (Å²) >= 11 is 0. The summed E-state index contributed by atoms with van der Waals surface area (Å²) in [4.78, 5) is 12.2. The normalized spacial score (nSPS) is 12.0. The molecule has 0 spiro atoms. The van der Waals surface area contributed by atoms with Crippen LogP contribution in [0.3, 0.4) is 0 Å². The fourth-order valence-corrected chi connectivity index (χ4v) is 2.62. The van der Waals surface area contributed by atoms with E-state index in [1.165, 1.54) is 24.3 Å². The van der Waals surface area contributed by atoms with E-state index < -0.39 is 16.1 Å². The van der Waals surface area contributed by atoms with Crippen LogP contribution >= 0.6 is 0 Å². The van der Waals surface area contributed by atoms with E-state index in [0.29, 0.717) is 12.1 Å². The van der Waals surface area contributed by atoms with Crippen molar-refractivity contribution in [2.75, 3.05) is 10.6 Å². The summed E-state index contributed by atoms with van der Waals surface area (Å²) < 4.78 is 22.4. The Morgan fingerprint density at radius 3 is 2.20 bits per heavy atom. The van der Waals surface area contributed by atoms with Gasteiger partial charge in [-0.25, -0.2) is 13.6 Å². The van der Waals surface area contributed by atoms with Gasteiger partial charge in [-0.05, 0) is 48.9 Å². The van der Waals surface area contributed by atoms with Gasteiger partial charge in [-0.3, -0.25) is 4.79 Å². The van der Waals surface area contributed by atoms with Crippen LogP contribution in [0.2, 0.25) is 0 Å². The molecular weight excluding hydrogens is 340 g/mol. The summed E-state index contributed by atoms with van der Waals surface area (Å²) in [5.74, 6) is -0.274. The zero-order chi connectivity index (χ0) is 18.4. The molecule has 25 heavy (non-hydrogen) atoms. The van der Waals surface area contributed by atoms with Crippen molar-refractivity contribution in [1.29, 1.82) is 5.26 Å². The number of nitrogens with two attached hydrogens (primary N) is 1. The number of hydrogen-bond donors (Lipinski definition) is 3. The number of benzene rings is 2. The van der Waals surface area contributed by atoms with E-state index in [4.69, 9.17) is 10.4 Å². The fourth-order valence-electron chi connectivity index (χ4n) is 2.10. The third-order valence-corrected chi connectivity index (χ3v) is 4.39. The number of nitrogens with zero attached hydrogens (tertiary/aromatic N) is 1. The lowest BCUT2D eigenvalue weighted by atomic mass is 10.1. The predicted octanol–water partition coefficient (Wildman–Crippen LogP) is 1.84. The summed E-state index contributed by atoms with van der Waals surface area (Å²) in [6.45, 7) is 1.71. The van der Waals surface area contributed by atoms with Crippen LogP contribution < -0.4 is 15.8 Å². The Bertz CT molecular complexity index is 885. The molecule has 0 aliphatic heterocycles. The third-order valence-electron chi connectivity index (χ3n) is 3.46. The van der Waals surface area contributed by atoms with E-state index in [9.17, 15) is 13.2 Å². The maximum absolute atomic E-state index is 12.2. The number of hydrogen-bond acceptors (Lipinski definition) is 5. The molecule has 2 rings (SSSR count). The monoisotopic (exact) mass is 358 g/mol. The molecule has 7 nitrogen and oxygen atoms in total. The first-order valence-electron chi connectivity index (χ1n) is 7.46. The minimum Gasteiger partial charge on any atom is -0.374 e. The van der Waals surface area contributed by atoms with Crippen molar-refractivity contribution < 1.29 is 13.2 Å². The summed E-state index contributed by atoms with van der Waals surface area (Å²) in [6, 6.07) is 14.4. The van der Waals surface area contributed by atoms with Crippen LogP contribution in [0.4, 0.5) is 11.4 Å². The van der Waals surface area contributed by atoms with E-state index in [2.05, 4.69) is 16.7 Å². The number of nitriles is 1. The average molecular weight is 358 g/mol. The average Bonchev–Trinajstić information content (AvgIpc) is 2.56. The van der Waals surface area contributed by atoms with Gasteiger partial charge in [0.15, 0.2) is 0 Å². The summed E-state index contributed by atoms with van der Waals surface area (Å²) in [7, 11) is -3.76. The summed E-state index contributed by atoms with van der Waals surface area (Å²) in [5, 5.41) is 19.4. The van der Waals surface area contributed by atoms with Gasteiger partial charge in [0.1, 0.15) is 6.04 Å². The molecule has 2 aromatic rings. The molecule has 4 N–H and O–H groups in total. The molecule has 0 radical (unpaired) electrons. The molecule has 0 aliphatic rings. The Labute approximate surface area is 146 Å². The molecule has 0 aromatic heterocycles. The first-order valence-corrected chi connectivity index (χ1v) is 9.00. The van der Waals surface area contributed by atoms with Crippen molar-refractivity contribution in [3.63, 3.8) is 0 Å². The predicted molar refractivity (Wildman–Crippen MR) is 95.3 cm³/mol. The second-order valence-electron chi connectivity index (χ2n) is 5.46. The summed E-state index contributed by atoms with van der Waals surface area (Å²) in [6.07, 6.45) is 0.338. The molecule has 0 saturated heterocycles. The van der Waals surface area contributed by atoms with Crippen LogP contribution in [0.1, 0.15) is 12.5 Å². The largest absolute Gasteiger partial charge is 0.374 e. The van der Waals surface area contributed by atoms with Gasteiger partial charge in [-0.1, -0.05) is 12.1 Å². The third kappa shape index (κ3) is 5.31. The van der Waals surface area contributed by atoms with Crippen LogP contribution in [-0.4, -0.2) is 20.4 Å². The van der Waals surface area contributed by atoms with Crippen molar-refractivity contribution in [2.24, 2.45) is 5.14 Å². The Morgan fingerprint density at radius 1 is 1.12 bits per heavy atom. The SMILES string of the molecule is CC(Nc1ccc(CC#N)cc1)C(=O)Nc1ccc(S(N)(=O)=O)cc1. The Balaban J connectivity index is 1.97. The van der Waals surface area contributed by atoms with Crippen LogP contribution in [0.5, 0.6) is 0 Å². The number of rotatable bonds is 6.